The van der Waals surface area contributed by atoms with Crippen LogP contribution >= 0.6 is 0 Å². The number of ether oxygens (including phenoxy) is 1. The van der Waals surface area contributed by atoms with Crippen LogP contribution in [0, 0.1) is 0 Å². The van der Waals surface area contributed by atoms with Crippen LogP contribution in [0.5, 0.6) is 0 Å². The molecule has 2 rings (SSSR count). The summed E-state index contributed by atoms with van der Waals surface area (Å²) in [5, 5.41) is 6.27. The Morgan fingerprint density at radius 3 is 2.68 bits per heavy atom. The highest BCUT2D eigenvalue weighted by atomic mass is 16.5. The van der Waals surface area contributed by atoms with E-state index in [1.807, 2.05) is 19.1 Å². The highest BCUT2D eigenvalue weighted by Crippen LogP contribution is 2.08. The van der Waals surface area contributed by atoms with Gasteiger partial charge >= 0.3 is 0 Å². The van der Waals surface area contributed by atoms with Crippen molar-refractivity contribution < 1.29 is 9.53 Å². The van der Waals surface area contributed by atoms with E-state index in [1.165, 1.54) is 5.56 Å². The Kier molecular flexibility index (Phi) is 7.36. The summed E-state index contributed by atoms with van der Waals surface area (Å²) in [5.74, 6) is -0.00905. The maximum atomic E-state index is 12.0. The Hall–Kier alpha value is -1.43. The molecule has 122 valence electrons. The molecule has 5 nitrogen and oxygen atoms in total. The van der Waals surface area contributed by atoms with Crippen LogP contribution in [0.3, 0.4) is 0 Å². The Morgan fingerprint density at radius 2 is 2.00 bits per heavy atom. The van der Waals surface area contributed by atoms with Gasteiger partial charge in [-0.2, -0.15) is 0 Å². The topological polar surface area (TPSA) is 53.6 Å². The average Bonchev–Trinajstić information content (AvgIpc) is 2.56. The predicted molar refractivity (Wildman–Crippen MR) is 88.0 cm³/mol. The van der Waals surface area contributed by atoms with Crippen molar-refractivity contribution in [2.75, 3.05) is 45.9 Å². The van der Waals surface area contributed by atoms with E-state index in [0.717, 1.165) is 51.3 Å². The van der Waals surface area contributed by atoms with Crippen LogP contribution in [0.4, 0.5) is 0 Å². The third-order valence-electron chi connectivity index (χ3n) is 3.79. The van der Waals surface area contributed by atoms with E-state index in [2.05, 4.69) is 27.7 Å². The molecule has 0 aliphatic carbocycles. The van der Waals surface area contributed by atoms with Crippen LogP contribution in [-0.4, -0.2) is 56.7 Å². The molecule has 0 unspecified atom stereocenters. The minimum absolute atomic E-state index is 0.00905. The molecule has 1 fully saturated rings. The van der Waals surface area contributed by atoms with E-state index < -0.39 is 0 Å². The molecule has 1 aromatic carbocycles. The second-order valence-corrected chi connectivity index (χ2v) is 5.53. The number of rotatable bonds is 8. The highest BCUT2D eigenvalue weighted by Gasteiger charge is 2.10. The molecule has 0 spiro atoms. The van der Waals surface area contributed by atoms with E-state index in [9.17, 15) is 4.79 Å². The molecule has 1 aliphatic heterocycles. The van der Waals surface area contributed by atoms with Crippen LogP contribution in [0.2, 0.25) is 0 Å². The Balaban J connectivity index is 1.74. The molecule has 1 amide bonds. The fraction of sp³-hybridized carbons (Fsp3) is 0.588. The SMILES string of the molecule is CCOCCCNC(=O)c1ccc(CN2CCNCC2)cc1. The summed E-state index contributed by atoms with van der Waals surface area (Å²) in [5.41, 5.74) is 1.98. The molecule has 0 bridgehead atoms. The molecular weight excluding hydrogens is 278 g/mol. The summed E-state index contributed by atoms with van der Waals surface area (Å²) in [6.45, 7) is 9.29. The van der Waals surface area contributed by atoms with Crippen LogP contribution in [0.1, 0.15) is 29.3 Å². The van der Waals surface area contributed by atoms with Crippen LogP contribution < -0.4 is 10.6 Å². The first kappa shape index (κ1) is 16.9. The first-order valence-corrected chi connectivity index (χ1v) is 8.17. The first-order chi connectivity index (χ1) is 10.8. The largest absolute Gasteiger partial charge is 0.382 e. The standard InChI is InChI=1S/C17H27N3O2/c1-2-22-13-3-8-19-17(21)16-6-4-15(5-7-16)14-20-11-9-18-10-12-20/h4-7,18H,2-3,8-14H2,1H3,(H,19,21). The molecule has 2 N–H and O–H groups in total. The zero-order chi connectivity index (χ0) is 15.6. The Bertz CT molecular complexity index is 442. The van der Waals surface area contributed by atoms with Crippen LogP contribution in [-0.2, 0) is 11.3 Å². The van der Waals surface area contributed by atoms with Crippen molar-refractivity contribution in [1.29, 1.82) is 0 Å². The summed E-state index contributed by atoms with van der Waals surface area (Å²) in [6.07, 6.45) is 0.848. The zero-order valence-electron chi connectivity index (χ0n) is 13.4. The number of hydrogen-bond donors (Lipinski definition) is 2. The van der Waals surface area contributed by atoms with Gasteiger partial charge in [-0.3, -0.25) is 9.69 Å². The van der Waals surface area contributed by atoms with Gasteiger partial charge in [-0.15, -0.1) is 0 Å². The Labute approximate surface area is 133 Å². The van der Waals surface area contributed by atoms with Crippen LogP contribution in [0.25, 0.3) is 0 Å². The number of benzene rings is 1. The number of amides is 1. The first-order valence-electron chi connectivity index (χ1n) is 8.17. The summed E-state index contributed by atoms with van der Waals surface area (Å²) in [4.78, 5) is 14.4. The number of piperazine rings is 1. The van der Waals surface area contributed by atoms with E-state index in [4.69, 9.17) is 4.74 Å². The maximum absolute atomic E-state index is 12.0. The molecule has 1 heterocycles. The lowest BCUT2D eigenvalue weighted by molar-refractivity contribution is 0.0944. The summed E-state index contributed by atoms with van der Waals surface area (Å²) < 4.78 is 5.25. The molecule has 0 atom stereocenters. The van der Waals surface area contributed by atoms with Crippen molar-refractivity contribution in [2.45, 2.75) is 19.9 Å². The van der Waals surface area contributed by atoms with Crippen molar-refractivity contribution in [3.63, 3.8) is 0 Å². The molecule has 22 heavy (non-hydrogen) atoms. The third-order valence-corrected chi connectivity index (χ3v) is 3.79. The summed E-state index contributed by atoms with van der Waals surface area (Å²) >= 11 is 0. The average molecular weight is 305 g/mol. The number of nitrogens with zero attached hydrogens (tertiary/aromatic N) is 1. The van der Waals surface area contributed by atoms with Gasteiger partial charge in [0.15, 0.2) is 0 Å². The molecule has 1 saturated heterocycles. The third kappa shape index (κ3) is 5.75. The van der Waals surface area contributed by atoms with Gasteiger partial charge in [0, 0.05) is 58.0 Å². The predicted octanol–water partition coefficient (Wildman–Crippen LogP) is 1.25. The normalized spacial score (nSPS) is 15.7. The van der Waals surface area contributed by atoms with Crippen LogP contribution in [0.15, 0.2) is 24.3 Å². The molecular formula is C17H27N3O2. The number of carbonyl (C=O) groups is 1. The number of carbonyl (C=O) groups excluding carboxylic acids is 1. The lowest BCUT2D eigenvalue weighted by Gasteiger charge is -2.27. The Morgan fingerprint density at radius 1 is 1.27 bits per heavy atom. The summed E-state index contributed by atoms with van der Waals surface area (Å²) in [6, 6.07) is 7.93. The summed E-state index contributed by atoms with van der Waals surface area (Å²) in [7, 11) is 0. The van der Waals surface area contributed by atoms with Gasteiger partial charge < -0.3 is 15.4 Å². The number of nitrogens with one attached hydrogen (secondary N) is 2. The van der Waals surface area contributed by atoms with Crippen molar-refractivity contribution in [3.8, 4) is 0 Å². The van der Waals surface area contributed by atoms with Gasteiger partial charge in [-0.1, -0.05) is 12.1 Å². The maximum Gasteiger partial charge on any atom is 0.251 e. The quantitative estimate of drug-likeness (QED) is 0.710. The van der Waals surface area contributed by atoms with E-state index in [0.29, 0.717) is 13.2 Å². The van der Waals surface area contributed by atoms with Gasteiger partial charge in [-0.25, -0.2) is 0 Å². The molecule has 5 heteroatoms. The van der Waals surface area contributed by atoms with Gasteiger partial charge in [0.05, 0.1) is 0 Å². The molecule has 1 aromatic rings. The van der Waals surface area contributed by atoms with Gasteiger partial charge in [0.1, 0.15) is 0 Å². The highest BCUT2D eigenvalue weighted by molar-refractivity contribution is 5.94. The van der Waals surface area contributed by atoms with E-state index >= 15 is 0 Å². The van der Waals surface area contributed by atoms with Crippen molar-refractivity contribution in [2.24, 2.45) is 0 Å². The second kappa shape index (κ2) is 9.56. The lowest BCUT2D eigenvalue weighted by atomic mass is 10.1. The molecule has 0 saturated carbocycles. The van der Waals surface area contributed by atoms with E-state index in [-0.39, 0.29) is 5.91 Å². The minimum atomic E-state index is -0.00905. The van der Waals surface area contributed by atoms with Crippen molar-refractivity contribution in [1.82, 2.24) is 15.5 Å². The van der Waals surface area contributed by atoms with Gasteiger partial charge in [0.25, 0.3) is 5.91 Å². The van der Waals surface area contributed by atoms with Crippen molar-refractivity contribution in [3.05, 3.63) is 35.4 Å². The van der Waals surface area contributed by atoms with E-state index in [1.54, 1.807) is 0 Å². The fourth-order valence-electron chi connectivity index (χ4n) is 2.51. The minimum Gasteiger partial charge on any atom is -0.382 e. The number of hydrogen-bond acceptors (Lipinski definition) is 4. The van der Waals surface area contributed by atoms with Gasteiger partial charge in [0.2, 0.25) is 0 Å². The zero-order valence-corrected chi connectivity index (χ0v) is 13.4. The monoisotopic (exact) mass is 305 g/mol. The van der Waals surface area contributed by atoms with Gasteiger partial charge in [-0.05, 0) is 31.0 Å². The molecule has 0 aromatic heterocycles. The fourth-order valence-corrected chi connectivity index (χ4v) is 2.51. The van der Waals surface area contributed by atoms with Crippen molar-refractivity contribution >= 4 is 5.91 Å². The molecule has 1 aliphatic rings. The smallest absolute Gasteiger partial charge is 0.251 e. The second-order valence-electron chi connectivity index (χ2n) is 5.53. The molecule has 0 radical (unpaired) electrons. The lowest BCUT2D eigenvalue weighted by Crippen LogP contribution is -2.42.